The molecule has 1 saturated carbocycles. The predicted molar refractivity (Wildman–Crippen MR) is 102 cm³/mol. The monoisotopic (exact) mass is 333 g/mol. The lowest BCUT2D eigenvalue weighted by atomic mass is 9.96. The maximum Gasteiger partial charge on any atom is 0.0579 e. The molecule has 2 aromatic carbocycles. The van der Waals surface area contributed by atoms with E-state index in [1.54, 1.807) is 0 Å². The van der Waals surface area contributed by atoms with Gasteiger partial charge in [-0.3, -0.25) is 0 Å². The molecule has 1 aromatic heterocycles. The van der Waals surface area contributed by atoms with Crippen LogP contribution in [0, 0.1) is 5.92 Å². The van der Waals surface area contributed by atoms with Crippen molar-refractivity contribution in [3.05, 3.63) is 94.2 Å². The molecule has 1 heterocycles. The Bertz CT molecular complexity index is 693. The van der Waals surface area contributed by atoms with Gasteiger partial charge in [-0.1, -0.05) is 66.7 Å². The highest BCUT2D eigenvalue weighted by molar-refractivity contribution is 7.09. The standard InChI is InChI=1S/C22H23NS/c1-3-8-18(9-4-1)22(19-10-5-2-6-11-19)23-21(17-13-14-17)16-20-12-7-15-24-20/h1-12,15,17,21-23H,13-14,16H2. The van der Waals surface area contributed by atoms with Gasteiger partial charge in [-0.15, -0.1) is 11.3 Å². The summed E-state index contributed by atoms with van der Waals surface area (Å²) in [6, 6.07) is 26.9. The molecule has 1 fully saturated rings. The maximum atomic E-state index is 3.99. The summed E-state index contributed by atoms with van der Waals surface area (Å²) in [5.74, 6) is 0.821. The molecule has 1 aliphatic rings. The number of hydrogen-bond acceptors (Lipinski definition) is 2. The van der Waals surface area contributed by atoms with E-state index >= 15 is 0 Å². The van der Waals surface area contributed by atoms with E-state index in [-0.39, 0.29) is 6.04 Å². The summed E-state index contributed by atoms with van der Waals surface area (Å²) in [5.41, 5.74) is 2.70. The fourth-order valence-electron chi connectivity index (χ4n) is 3.40. The molecule has 3 aromatic rings. The molecule has 122 valence electrons. The van der Waals surface area contributed by atoms with Crippen LogP contribution in [0.4, 0.5) is 0 Å². The zero-order valence-corrected chi connectivity index (χ0v) is 14.6. The summed E-state index contributed by atoms with van der Waals surface area (Å²) in [5, 5.41) is 6.18. The number of nitrogens with one attached hydrogen (secondary N) is 1. The lowest BCUT2D eigenvalue weighted by Crippen LogP contribution is -2.36. The van der Waals surface area contributed by atoms with Gasteiger partial charge in [0, 0.05) is 10.9 Å². The van der Waals surface area contributed by atoms with Crippen LogP contribution in [0.5, 0.6) is 0 Å². The Kier molecular flexibility index (Phi) is 4.77. The molecule has 0 bridgehead atoms. The topological polar surface area (TPSA) is 12.0 Å². The molecule has 1 unspecified atom stereocenters. The van der Waals surface area contributed by atoms with Crippen molar-refractivity contribution >= 4 is 11.3 Å². The van der Waals surface area contributed by atoms with Gasteiger partial charge in [-0.05, 0) is 47.8 Å². The van der Waals surface area contributed by atoms with Gasteiger partial charge < -0.3 is 5.32 Å². The minimum Gasteiger partial charge on any atom is -0.303 e. The van der Waals surface area contributed by atoms with E-state index in [1.807, 2.05) is 11.3 Å². The molecular formula is C22H23NS. The third-order valence-electron chi connectivity index (χ3n) is 4.84. The number of rotatable bonds is 7. The van der Waals surface area contributed by atoms with Crippen molar-refractivity contribution in [1.29, 1.82) is 0 Å². The van der Waals surface area contributed by atoms with Crippen LogP contribution in [-0.2, 0) is 6.42 Å². The van der Waals surface area contributed by atoms with Gasteiger partial charge in [-0.25, -0.2) is 0 Å². The van der Waals surface area contributed by atoms with Crippen LogP contribution in [0.15, 0.2) is 78.2 Å². The van der Waals surface area contributed by atoms with Crippen molar-refractivity contribution in [3.8, 4) is 0 Å². The minimum atomic E-state index is 0.262. The molecule has 0 aliphatic heterocycles. The van der Waals surface area contributed by atoms with Crippen molar-refractivity contribution in [2.45, 2.75) is 31.3 Å². The molecule has 4 rings (SSSR count). The summed E-state index contributed by atoms with van der Waals surface area (Å²) in [4.78, 5) is 1.49. The van der Waals surface area contributed by atoms with Gasteiger partial charge in [0.05, 0.1) is 6.04 Å². The zero-order chi connectivity index (χ0) is 16.2. The first kappa shape index (κ1) is 15.6. The SMILES string of the molecule is c1ccc(C(NC(Cc2cccs2)C2CC2)c2ccccc2)cc1. The van der Waals surface area contributed by atoms with Crippen LogP contribution in [0.1, 0.15) is 34.9 Å². The van der Waals surface area contributed by atoms with Crippen LogP contribution in [0.2, 0.25) is 0 Å². The summed E-state index contributed by atoms with van der Waals surface area (Å²) >= 11 is 1.88. The molecule has 0 spiro atoms. The Balaban J connectivity index is 1.60. The summed E-state index contributed by atoms with van der Waals surface area (Å²) in [6.07, 6.45) is 3.86. The fraction of sp³-hybridized carbons (Fsp3) is 0.273. The zero-order valence-electron chi connectivity index (χ0n) is 13.8. The Morgan fingerprint density at radius 2 is 1.46 bits per heavy atom. The third-order valence-corrected chi connectivity index (χ3v) is 5.74. The van der Waals surface area contributed by atoms with E-state index in [0.717, 1.165) is 12.3 Å². The quantitative estimate of drug-likeness (QED) is 0.606. The molecule has 1 atom stereocenters. The smallest absolute Gasteiger partial charge is 0.0579 e. The first-order valence-electron chi connectivity index (χ1n) is 8.78. The second-order valence-electron chi connectivity index (χ2n) is 6.65. The van der Waals surface area contributed by atoms with Gasteiger partial charge in [0.1, 0.15) is 0 Å². The largest absolute Gasteiger partial charge is 0.303 e. The maximum absolute atomic E-state index is 3.99. The van der Waals surface area contributed by atoms with Crippen LogP contribution >= 0.6 is 11.3 Å². The van der Waals surface area contributed by atoms with Crippen molar-refractivity contribution in [3.63, 3.8) is 0 Å². The molecule has 0 saturated heterocycles. The number of benzene rings is 2. The average molecular weight is 334 g/mol. The van der Waals surface area contributed by atoms with Crippen LogP contribution < -0.4 is 5.32 Å². The van der Waals surface area contributed by atoms with Gasteiger partial charge in [0.25, 0.3) is 0 Å². The third kappa shape index (κ3) is 3.77. The summed E-state index contributed by atoms with van der Waals surface area (Å²) in [7, 11) is 0. The van der Waals surface area contributed by atoms with Crippen molar-refractivity contribution in [1.82, 2.24) is 5.32 Å². The first-order valence-corrected chi connectivity index (χ1v) is 9.66. The Morgan fingerprint density at radius 3 is 1.96 bits per heavy atom. The Hall–Kier alpha value is -1.90. The molecule has 2 heteroatoms. The van der Waals surface area contributed by atoms with E-state index in [2.05, 4.69) is 83.5 Å². The van der Waals surface area contributed by atoms with Gasteiger partial charge in [-0.2, -0.15) is 0 Å². The van der Waals surface area contributed by atoms with E-state index in [4.69, 9.17) is 0 Å². The summed E-state index contributed by atoms with van der Waals surface area (Å²) in [6.45, 7) is 0. The highest BCUT2D eigenvalue weighted by Crippen LogP contribution is 2.36. The van der Waals surface area contributed by atoms with Crippen molar-refractivity contribution in [2.75, 3.05) is 0 Å². The predicted octanol–water partition coefficient (Wildman–Crippen LogP) is 5.45. The van der Waals surface area contributed by atoms with E-state index in [0.29, 0.717) is 6.04 Å². The van der Waals surface area contributed by atoms with Crippen LogP contribution in [0.25, 0.3) is 0 Å². The van der Waals surface area contributed by atoms with Crippen LogP contribution in [-0.4, -0.2) is 6.04 Å². The first-order chi connectivity index (χ1) is 11.9. The second kappa shape index (κ2) is 7.33. The normalized spacial score (nSPS) is 15.5. The molecular weight excluding hydrogens is 310 g/mol. The van der Waals surface area contributed by atoms with E-state index in [9.17, 15) is 0 Å². The van der Waals surface area contributed by atoms with Gasteiger partial charge in [0.2, 0.25) is 0 Å². The van der Waals surface area contributed by atoms with Gasteiger partial charge in [0.15, 0.2) is 0 Å². The molecule has 1 aliphatic carbocycles. The highest BCUT2D eigenvalue weighted by Gasteiger charge is 2.33. The molecule has 0 radical (unpaired) electrons. The second-order valence-corrected chi connectivity index (χ2v) is 7.68. The highest BCUT2D eigenvalue weighted by atomic mass is 32.1. The van der Waals surface area contributed by atoms with Crippen molar-refractivity contribution in [2.24, 2.45) is 5.92 Å². The molecule has 24 heavy (non-hydrogen) atoms. The Morgan fingerprint density at radius 1 is 0.833 bits per heavy atom. The van der Waals surface area contributed by atoms with Gasteiger partial charge >= 0.3 is 0 Å². The summed E-state index contributed by atoms with van der Waals surface area (Å²) < 4.78 is 0. The van der Waals surface area contributed by atoms with E-state index in [1.165, 1.54) is 28.8 Å². The molecule has 1 N–H and O–H groups in total. The lowest BCUT2D eigenvalue weighted by Gasteiger charge is -2.27. The molecule has 1 nitrogen and oxygen atoms in total. The molecule has 0 amide bonds. The average Bonchev–Trinajstić information content (AvgIpc) is 3.37. The lowest BCUT2D eigenvalue weighted by molar-refractivity contribution is 0.427. The minimum absolute atomic E-state index is 0.262. The number of hydrogen-bond donors (Lipinski definition) is 1. The fourth-order valence-corrected chi connectivity index (χ4v) is 4.16. The van der Waals surface area contributed by atoms with Crippen LogP contribution in [0.3, 0.4) is 0 Å². The van der Waals surface area contributed by atoms with E-state index < -0.39 is 0 Å². The number of thiophene rings is 1. The Labute approximate surface area is 148 Å². The van der Waals surface area contributed by atoms with Crippen molar-refractivity contribution < 1.29 is 0 Å².